The van der Waals surface area contributed by atoms with Gasteiger partial charge in [0.1, 0.15) is 11.5 Å². The molecule has 0 radical (unpaired) electrons. The molecule has 5 heteroatoms. The van der Waals surface area contributed by atoms with E-state index in [2.05, 4.69) is 20.8 Å². The second-order valence-corrected chi connectivity index (χ2v) is 8.93. The van der Waals surface area contributed by atoms with E-state index in [0.29, 0.717) is 38.6 Å². The topological polar surface area (TPSA) is 57.0 Å². The first-order valence-corrected chi connectivity index (χ1v) is 10.2. The fourth-order valence-electron chi connectivity index (χ4n) is 4.35. The zero-order valence-corrected chi connectivity index (χ0v) is 18.2. The molecule has 5 aromatic rings. The molecule has 156 valence electrons. The molecule has 0 aliphatic rings. The van der Waals surface area contributed by atoms with Gasteiger partial charge in [-0.2, -0.15) is 0 Å². The molecule has 31 heavy (non-hydrogen) atoms. The third-order valence-corrected chi connectivity index (χ3v) is 6.07. The van der Waals surface area contributed by atoms with Crippen molar-refractivity contribution < 1.29 is 9.47 Å². The van der Waals surface area contributed by atoms with Gasteiger partial charge in [-0.15, -0.1) is 0 Å². The first-order chi connectivity index (χ1) is 14.7. The molecule has 2 heterocycles. The molecular weight excluding hydrogens is 390 g/mol. The van der Waals surface area contributed by atoms with Gasteiger partial charge >= 0.3 is 0 Å². The molecule has 0 saturated heterocycles. The van der Waals surface area contributed by atoms with Gasteiger partial charge in [-0.1, -0.05) is 20.8 Å². The van der Waals surface area contributed by atoms with Gasteiger partial charge in [0, 0.05) is 10.8 Å². The van der Waals surface area contributed by atoms with Crippen LogP contribution < -0.4 is 20.3 Å². The number of rotatable bonds is 2. The summed E-state index contributed by atoms with van der Waals surface area (Å²) in [6.07, 6.45) is 0. The van der Waals surface area contributed by atoms with Gasteiger partial charge < -0.3 is 13.9 Å². The molecule has 0 N–H and O–H groups in total. The Morgan fingerprint density at radius 2 is 1.13 bits per heavy atom. The van der Waals surface area contributed by atoms with Crippen molar-refractivity contribution in [1.29, 1.82) is 0 Å². The highest BCUT2D eigenvalue weighted by atomic mass is 16.5. The van der Waals surface area contributed by atoms with Crippen molar-refractivity contribution >= 4 is 38.1 Å². The fourth-order valence-corrected chi connectivity index (χ4v) is 4.35. The first-order valence-electron chi connectivity index (χ1n) is 10.2. The average Bonchev–Trinajstić information content (AvgIpc) is 2.77. The molecule has 0 amide bonds. The smallest absolute Gasteiger partial charge is 0.197 e. The maximum absolute atomic E-state index is 13.6. The van der Waals surface area contributed by atoms with E-state index in [1.54, 1.807) is 26.4 Å². The van der Waals surface area contributed by atoms with Crippen LogP contribution in [-0.2, 0) is 5.41 Å². The molecule has 0 aliphatic heterocycles. The molecule has 0 fully saturated rings. The molecule has 0 aliphatic carbocycles. The van der Waals surface area contributed by atoms with E-state index < -0.39 is 0 Å². The minimum atomic E-state index is -0.222. The summed E-state index contributed by atoms with van der Waals surface area (Å²) in [5.41, 5.74) is 2.65. The average molecular weight is 413 g/mol. The summed E-state index contributed by atoms with van der Waals surface area (Å²) < 4.78 is 12.8. The van der Waals surface area contributed by atoms with Crippen LogP contribution >= 0.6 is 0 Å². The number of ether oxygens (including phenoxy) is 2. The predicted molar refractivity (Wildman–Crippen MR) is 125 cm³/mol. The minimum absolute atomic E-state index is 0.0998. The summed E-state index contributed by atoms with van der Waals surface area (Å²) in [6.45, 7) is 6.23. The Labute approximate surface area is 178 Å². The summed E-state index contributed by atoms with van der Waals surface area (Å²) in [6, 6.07) is 14.8. The van der Waals surface area contributed by atoms with E-state index in [4.69, 9.17) is 9.47 Å². The maximum atomic E-state index is 13.6. The third-order valence-electron chi connectivity index (χ3n) is 6.07. The summed E-state index contributed by atoms with van der Waals surface area (Å²) in [7, 11) is 3.17. The van der Waals surface area contributed by atoms with E-state index in [0.717, 1.165) is 16.6 Å². The van der Waals surface area contributed by atoms with Gasteiger partial charge in [-0.3, -0.25) is 9.59 Å². The normalized spacial score (nSPS) is 12.3. The van der Waals surface area contributed by atoms with Crippen molar-refractivity contribution in [3.8, 4) is 11.5 Å². The quantitative estimate of drug-likeness (QED) is 0.306. The molecular formula is C26H23NO4. The zero-order valence-electron chi connectivity index (χ0n) is 18.2. The number of hydrogen-bond donors (Lipinski definition) is 0. The van der Waals surface area contributed by atoms with E-state index >= 15 is 0 Å². The van der Waals surface area contributed by atoms with E-state index in [1.807, 2.05) is 40.8 Å². The molecule has 5 rings (SSSR count). The highest BCUT2D eigenvalue weighted by Crippen LogP contribution is 2.33. The number of nitrogens with zero attached hydrogens (tertiary/aromatic N) is 1. The monoisotopic (exact) mass is 413 g/mol. The number of fused-ring (bicyclic) bond motifs is 4. The van der Waals surface area contributed by atoms with Crippen LogP contribution in [0.5, 0.6) is 11.5 Å². The minimum Gasteiger partial charge on any atom is -0.497 e. The van der Waals surface area contributed by atoms with Crippen LogP contribution in [0.2, 0.25) is 0 Å². The van der Waals surface area contributed by atoms with Crippen LogP contribution in [0, 0.1) is 0 Å². The number of pyridine rings is 2. The van der Waals surface area contributed by atoms with Crippen LogP contribution in [0.3, 0.4) is 0 Å². The number of methoxy groups -OCH3 is 2. The fraction of sp³-hybridized carbons (Fsp3) is 0.231. The van der Waals surface area contributed by atoms with Crippen molar-refractivity contribution in [2.24, 2.45) is 0 Å². The Kier molecular flexibility index (Phi) is 4.03. The van der Waals surface area contributed by atoms with Crippen LogP contribution in [0.1, 0.15) is 26.3 Å². The van der Waals surface area contributed by atoms with Gasteiger partial charge in [-0.05, 0) is 59.5 Å². The van der Waals surface area contributed by atoms with Gasteiger partial charge in [0.05, 0.1) is 41.5 Å². The molecule has 2 aromatic heterocycles. The van der Waals surface area contributed by atoms with Gasteiger partial charge in [0.15, 0.2) is 10.9 Å². The van der Waals surface area contributed by atoms with E-state index in [1.165, 1.54) is 0 Å². The second-order valence-electron chi connectivity index (χ2n) is 8.93. The van der Waals surface area contributed by atoms with Crippen LogP contribution in [0.15, 0.2) is 58.1 Å². The summed E-state index contributed by atoms with van der Waals surface area (Å²) in [5, 5.41) is 2.19. The number of aromatic nitrogens is 1. The molecule has 0 atom stereocenters. The summed E-state index contributed by atoms with van der Waals surface area (Å²) >= 11 is 0. The predicted octanol–water partition coefficient (Wildman–Crippen LogP) is 4.87. The van der Waals surface area contributed by atoms with E-state index in [-0.39, 0.29) is 16.3 Å². The lowest BCUT2D eigenvalue weighted by Crippen LogP contribution is -2.18. The SMILES string of the molecule is COc1ccc2c(c1)c(=O)c1cc(C(C)(C)C)cc3c(=O)c4cc(OC)ccc4n2c13. The number of hydrogen-bond acceptors (Lipinski definition) is 4. The van der Waals surface area contributed by atoms with Crippen LogP contribution in [0.25, 0.3) is 38.1 Å². The molecule has 0 saturated carbocycles. The Morgan fingerprint density at radius 3 is 1.52 bits per heavy atom. The van der Waals surface area contributed by atoms with Crippen molar-refractivity contribution in [3.05, 3.63) is 74.5 Å². The second kappa shape index (κ2) is 6.45. The van der Waals surface area contributed by atoms with Crippen LogP contribution in [-0.4, -0.2) is 18.6 Å². The lowest BCUT2D eigenvalue weighted by atomic mass is 9.85. The molecule has 5 nitrogen and oxygen atoms in total. The highest BCUT2D eigenvalue weighted by Gasteiger charge is 2.22. The third kappa shape index (κ3) is 2.69. The van der Waals surface area contributed by atoms with E-state index in [9.17, 15) is 9.59 Å². The highest BCUT2D eigenvalue weighted by molar-refractivity contribution is 6.08. The molecule has 0 unspecified atom stereocenters. The van der Waals surface area contributed by atoms with Crippen molar-refractivity contribution in [2.75, 3.05) is 14.2 Å². The van der Waals surface area contributed by atoms with Crippen LogP contribution in [0.4, 0.5) is 0 Å². The first kappa shape index (κ1) is 19.4. The molecule has 3 aromatic carbocycles. The van der Waals surface area contributed by atoms with Gasteiger partial charge in [0.2, 0.25) is 0 Å². The molecule has 0 bridgehead atoms. The van der Waals surface area contributed by atoms with Gasteiger partial charge in [-0.25, -0.2) is 0 Å². The standard InChI is InChI=1S/C26H23NO4/c1-26(2,3)14-10-19-23-20(11-14)25(29)18-13-16(31-5)7-9-22(18)27(23)21-8-6-15(30-4)12-17(21)24(19)28/h6-13H,1-5H3. The van der Waals surface area contributed by atoms with Gasteiger partial charge in [0.25, 0.3) is 0 Å². The number of benzene rings is 3. The Bertz CT molecular complexity index is 1510. The Hall–Kier alpha value is -3.60. The Morgan fingerprint density at radius 1 is 0.677 bits per heavy atom. The lowest BCUT2D eigenvalue weighted by molar-refractivity contribution is 0.415. The Balaban J connectivity index is 2.17. The molecule has 0 spiro atoms. The maximum Gasteiger partial charge on any atom is 0.197 e. The van der Waals surface area contributed by atoms with Crippen molar-refractivity contribution in [3.63, 3.8) is 0 Å². The van der Waals surface area contributed by atoms with Crippen molar-refractivity contribution in [1.82, 2.24) is 4.40 Å². The largest absolute Gasteiger partial charge is 0.497 e. The summed E-state index contributed by atoms with van der Waals surface area (Å²) in [5.74, 6) is 1.23. The lowest BCUT2D eigenvalue weighted by Gasteiger charge is -2.22. The summed E-state index contributed by atoms with van der Waals surface area (Å²) in [4.78, 5) is 27.2. The van der Waals surface area contributed by atoms with Crippen molar-refractivity contribution in [2.45, 2.75) is 26.2 Å². The zero-order chi connectivity index (χ0) is 22.1.